The molecule has 2 aromatic heterocycles. The van der Waals surface area contributed by atoms with E-state index in [1.807, 2.05) is 11.8 Å². The van der Waals surface area contributed by atoms with E-state index in [0.29, 0.717) is 85.3 Å². The fraction of sp³-hybridized carbons (Fsp3) is 0.537. The number of aromatic nitrogens is 3. The molecule has 5 aliphatic heterocycles. The topological polar surface area (TPSA) is 147 Å². The van der Waals surface area contributed by atoms with Crippen LogP contribution in [-0.2, 0) is 16.0 Å². The summed E-state index contributed by atoms with van der Waals surface area (Å²) in [5.74, 6) is -4.82. The standard InChI is InChI=1S/C54H61F5N8O5/c1-3-35-39(55)7-5-32-21-34(68)24-37(43(32)35)46-45(58)47-38(25-60-46)48(67-16-4-9-51(2,71)26-67)63-50(62-47)72-31-53(10-11-53)29-64-17-12-52(13-18-64)27-65(28-52)30-54(59)14-19-66(20-15-54)33-22-40(56)44(41(57)23-33)36-6-8-42(69)61-49(36)70/h5,7,21-25,36,68,71H,3-4,6,8-20,26-31H2,1-2H3,(H,61,69,70)/t36?,51-/m1/s1. The number of phenolic OH excluding ortho intramolecular Hbond substituents is 1. The van der Waals surface area contributed by atoms with Gasteiger partial charge in [-0.05, 0) is 123 Å². The number of carbonyl (C=O) groups is 2. The Bertz CT molecular complexity index is 2940. The molecule has 0 bridgehead atoms. The molecule has 3 N–H and O–H groups in total. The predicted octanol–water partition coefficient (Wildman–Crippen LogP) is 8.11. The van der Waals surface area contributed by atoms with E-state index in [-0.39, 0.29) is 77.2 Å². The van der Waals surface area contributed by atoms with Gasteiger partial charge in [0.15, 0.2) is 5.82 Å². The minimum absolute atomic E-state index is 0.0109. The van der Waals surface area contributed by atoms with Gasteiger partial charge in [-0.25, -0.2) is 22.0 Å². The van der Waals surface area contributed by atoms with Gasteiger partial charge in [0.1, 0.15) is 45.9 Å². The summed E-state index contributed by atoms with van der Waals surface area (Å²) in [5, 5.41) is 25.3. The maximum atomic E-state index is 17.1. The quantitative estimate of drug-likeness (QED) is 0.0820. The van der Waals surface area contributed by atoms with Crippen LogP contribution in [0.5, 0.6) is 11.8 Å². The number of β-amino-alcohol motifs (C(OH)–C–C–N with tert-alkyl or cyclic N) is 1. The number of anilines is 2. The zero-order chi connectivity index (χ0) is 50.3. The summed E-state index contributed by atoms with van der Waals surface area (Å²) in [4.78, 5) is 46.4. The number of hydrogen-bond acceptors (Lipinski definition) is 12. The number of amides is 2. The molecule has 5 aromatic rings. The number of benzene rings is 3. The maximum absolute atomic E-state index is 17.1. The third-order valence-electron chi connectivity index (χ3n) is 16.6. The number of pyridine rings is 1. The first-order valence-corrected chi connectivity index (χ1v) is 25.5. The van der Waals surface area contributed by atoms with E-state index < -0.39 is 52.3 Å². The highest BCUT2D eigenvalue weighted by molar-refractivity contribution is 6.02. The Morgan fingerprint density at radius 3 is 2.25 bits per heavy atom. The molecule has 0 radical (unpaired) electrons. The average molecular weight is 997 g/mol. The van der Waals surface area contributed by atoms with Gasteiger partial charge in [-0.15, -0.1) is 0 Å². The van der Waals surface area contributed by atoms with Crippen LogP contribution in [0.2, 0.25) is 0 Å². The molecule has 2 amide bonds. The first kappa shape index (κ1) is 48.5. The largest absolute Gasteiger partial charge is 0.508 e. The summed E-state index contributed by atoms with van der Waals surface area (Å²) in [6.45, 7) is 9.96. The smallest absolute Gasteiger partial charge is 0.319 e. The van der Waals surface area contributed by atoms with Gasteiger partial charge in [0, 0.05) is 100 Å². The number of alkyl halides is 1. The zero-order valence-electron chi connectivity index (χ0n) is 40.8. The van der Waals surface area contributed by atoms with Crippen molar-refractivity contribution in [3.05, 3.63) is 77.0 Å². The molecule has 382 valence electrons. The second-order valence-electron chi connectivity index (χ2n) is 22.2. The number of ether oxygens (including phenoxy) is 1. The van der Waals surface area contributed by atoms with Gasteiger partial charge >= 0.3 is 6.01 Å². The van der Waals surface area contributed by atoms with Gasteiger partial charge in [-0.1, -0.05) is 13.0 Å². The number of hydrogen-bond donors (Lipinski definition) is 3. The van der Waals surface area contributed by atoms with Crippen LogP contribution in [0.3, 0.4) is 0 Å². The lowest BCUT2D eigenvalue weighted by molar-refractivity contribution is -0.134. The second-order valence-corrected chi connectivity index (χ2v) is 22.2. The predicted molar refractivity (Wildman–Crippen MR) is 262 cm³/mol. The lowest BCUT2D eigenvalue weighted by Crippen LogP contribution is -2.63. The molecule has 1 saturated carbocycles. The van der Waals surface area contributed by atoms with Crippen LogP contribution in [0.15, 0.2) is 42.6 Å². The van der Waals surface area contributed by atoms with Crippen molar-refractivity contribution in [2.24, 2.45) is 10.8 Å². The van der Waals surface area contributed by atoms with Crippen LogP contribution < -0.4 is 19.9 Å². The summed E-state index contributed by atoms with van der Waals surface area (Å²) >= 11 is 0. The average Bonchev–Trinajstić information content (AvgIpc) is 4.10. The van der Waals surface area contributed by atoms with E-state index in [9.17, 15) is 19.8 Å². The highest BCUT2D eigenvalue weighted by Crippen LogP contribution is 2.49. The fourth-order valence-electron chi connectivity index (χ4n) is 12.5. The van der Waals surface area contributed by atoms with Crippen molar-refractivity contribution in [2.45, 2.75) is 102 Å². The normalized spacial score (nSPS) is 24.2. The molecule has 6 fully saturated rings. The van der Waals surface area contributed by atoms with Crippen molar-refractivity contribution in [1.82, 2.24) is 30.1 Å². The van der Waals surface area contributed by atoms with Gasteiger partial charge in [0.2, 0.25) is 11.8 Å². The number of halogens is 5. The van der Waals surface area contributed by atoms with E-state index in [2.05, 4.69) is 25.1 Å². The number of rotatable bonds is 12. The third kappa shape index (κ3) is 9.31. The number of piperidine rings is 4. The molecule has 1 aliphatic carbocycles. The summed E-state index contributed by atoms with van der Waals surface area (Å²) in [5.41, 5.74) is -1.92. The van der Waals surface area contributed by atoms with Crippen LogP contribution in [-0.4, -0.2) is 130 Å². The Balaban J connectivity index is 0.720. The minimum Gasteiger partial charge on any atom is -0.508 e. The molecule has 11 rings (SSSR count). The van der Waals surface area contributed by atoms with Crippen LogP contribution in [0.25, 0.3) is 32.9 Å². The minimum atomic E-state index is -1.42. The molecule has 72 heavy (non-hydrogen) atoms. The monoisotopic (exact) mass is 996 g/mol. The number of phenols is 1. The zero-order valence-corrected chi connectivity index (χ0v) is 40.8. The Hall–Kier alpha value is -5.72. The van der Waals surface area contributed by atoms with E-state index in [1.165, 1.54) is 36.5 Å². The van der Waals surface area contributed by atoms with Crippen molar-refractivity contribution in [1.29, 1.82) is 0 Å². The van der Waals surface area contributed by atoms with Crippen molar-refractivity contribution < 1.29 is 46.5 Å². The number of aromatic hydroxyl groups is 1. The number of nitrogens with one attached hydrogen (secondary N) is 1. The van der Waals surface area contributed by atoms with Crippen molar-refractivity contribution in [3.63, 3.8) is 0 Å². The van der Waals surface area contributed by atoms with Crippen molar-refractivity contribution >= 4 is 45.0 Å². The molecule has 1 unspecified atom stereocenters. The molecule has 2 atom stereocenters. The molecular weight excluding hydrogens is 936 g/mol. The summed E-state index contributed by atoms with van der Waals surface area (Å²) in [7, 11) is 0. The Kier molecular flexibility index (Phi) is 12.4. The maximum Gasteiger partial charge on any atom is 0.319 e. The first-order chi connectivity index (χ1) is 34.4. The Morgan fingerprint density at radius 2 is 1.57 bits per heavy atom. The SMILES string of the molecule is CCc1c(F)ccc2cc(O)cc(-c3ncc4c(N5CCC[C@@](C)(O)C5)nc(OCC5(CN6CCC7(CC6)CN(CC6(F)CCN(c8cc(F)c(C9CCC(=O)NC9=O)c(F)c8)CC6)C7)CC5)nc4c3F)c12. The Morgan fingerprint density at radius 1 is 0.833 bits per heavy atom. The molecule has 18 heteroatoms. The molecule has 13 nitrogen and oxygen atoms in total. The number of carbonyl (C=O) groups excluding carboxylic acids is 2. The molecule has 3 aromatic carbocycles. The molecule has 7 heterocycles. The van der Waals surface area contributed by atoms with E-state index in [0.717, 1.165) is 58.4 Å². The lowest BCUT2D eigenvalue weighted by Gasteiger charge is -2.56. The number of fused-ring (bicyclic) bond motifs is 2. The van der Waals surface area contributed by atoms with Crippen LogP contribution in [0.1, 0.15) is 95.1 Å². The summed E-state index contributed by atoms with van der Waals surface area (Å²) < 4.78 is 85.6. The first-order valence-electron chi connectivity index (χ1n) is 25.5. The second kappa shape index (κ2) is 18.3. The lowest BCUT2D eigenvalue weighted by atomic mass is 9.71. The molecular formula is C54H61F5N8O5. The number of likely N-dealkylation sites (tertiary alicyclic amines) is 2. The van der Waals surface area contributed by atoms with Crippen molar-refractivity contribution in [2.75, 3.05) is 81.9 Å². The highest BCUT2D eigenvalue weighted by atomic mass is 19.2. The highest BCUT2D eigenvalue weighted by Gasteiger charge is 2.51. The van der Waals surface area contributed by atoms with Crippen LogP contribution in [0.4, 0.5) is 33.5 Å². The number of aliphatic hydroxyl groups is 1. The summed E-state index contributed by atoms with van der Waals surface area (Å²) in [6.07, 6.45) is 7.54. The molecule has 6 aliphatic rings. The van der Waals surface area contributed by atoms with Crippen LogP contribution in [0, 0.1) is 34.1 Å². The number of aryl methyl sites for hydroxylation is 1. The van der Waals surface area contributed by atoms with Gasteiger partial charge in [-0.3, -0.25) is 24.8 Å². The molecule has 1 spiro atoms. The fourth-order valence-corrected chi connectivity index (χ4v) is 12.5. The van der Waals surface area contributed by atoms with Gasteiger partial charge in [0.25, 0.3) is 0 Å². The van der Waals surface area contributed by atoms with Crippen LogP contribution >= 0.6 is 0 Å². The third-order valence-corrected chi connectivity index (χ3v) is 16.6. The van der Waals surface area contributed by atoms with Gasteiger partial charge < -0.3 is 29.6 Å². The van der Waals surface area contributed by atoms with E-state index >= 15 is 22.0 Å². The van der Waals surface area contributed by atoms with E-state index in [4.69, 9.17) is 9.72 Å². The van der Waals surface area contributed by atoms with Crippen molar-refractivity contribution in [3.8, 4) is 23.0 Å². The number of nitrogens with zero attached hydrogens (tertiary/aromatic N) is 7. The van der Waals surface area contributed by atoms with E-state index in [1.54, 1.807) is 17.9 Å². The summed E-state index contributed by atoms with van der Waals surface area (Å²) in [6, 6.07) is 8.25. The van der Waals surface area contributed by atoms with Gasteiger partial charge in [0.05, 0.1) is 23.5 Å². The van der Waals surface area contributed by atoms with Gasteiger partial charge in [-0.2, -0.15) is 9.97 Å². The Labute approximate surface area is 414 Å². The molecule has 5 saturated heterocycles. The number of imide groups is 1.